The summed E-state index contributed by atoms with van der Waals surface area (Å²) in [6, 6.07) is 7.84. The molecule has 0 aliphatic carbocycles. The van der Waals surface area contributed by atoms with Gasteiger partial charge < -0.3 is 10.1 Å². The number of para-hydroxylation sites is 1. The Balaban J connectivity index is 1.88. The number of anilines is 1. The third-order valence-corrected chi connectivity index (χ3v) is 4.17. The standard InChI is InChI=1S/C18H26N2O3/c1-3-14-8-5-6-10-16(14)19-17(21)13-20-11-7-9-15(12-20)18(22)23-4-2/h5-6,8,10,15H,3-4,7,9,11-13H2,1-2H3,(H,19,21). The summed E-state index contributed by atoms with van der Waals surface area (Å²) in [6.07, 6.45) is 2.64. The predicted octanol–water partition coefficient (Wildman–Crippen LogP) is 2.46. The number of carbonyl (C=O) groups is 2. The van der Waals surface area contributed by atoms with E-state index in [9.17, 15) is 9.59 Å². The quantitative estimate of drug-likeness (QED) is 0.819. The molecule has 1 saturated heterocycles. The number of hydrogen-bond acceptors (Lipinski definition) is 4. The van der Waals surface area contributed by atoms with E-state index in [-0.39, 0.29) is 17.8 Å². The SMILES string of the molecule is CCOC(=O)C1CCCN(CC(=O)Nc2ccccc2CC)C1. The van der Waals surface area contributed by atoms with Crippen LogP contribution in [0.4, 0.5) is 5.69 Å². The van der Waals surface area contributed by atoms with Crippen molar-refractivity contribution >= 4 is 17.6 Å². The number of nitrogens with one attached hydrogen (secondary N) is 1. The molecule has 1 fully saturated rings. The summed E-state index contributed by atoms with van der Waals surface area (Å²) >= 11 is 0. The zero-order valence-corrected chi connectivity index (χ0v) is 14.0. The highest BCUT2D eigenvalue weighted by atomic mass is 16.5. The van der Waals surface area contributed by atoms with Gasteiger partial charge in [-0.2, -0.15) is 0 Å². The number of carbonyl (C=O) groups excluding carboxylic acids is 2. The molecule has 1 aromatic carbocycles. The predicted molar refractivity (Wildman–Crippen MR) is 90.2 cm³/mol. The van der Waals surface area contributed by atoms with Crippen LogP contribution in [-0.4, -0.2) is 43.0 Å². The molecule has 0 aromatic heterocycles. The fraction of sp³-hybridized carbons (Fsp3) is 0.556. The van der Waals surface area contributed by atoms with Gasteiger partial charge in [0.25, 0.3) is 0 Å². The number of likely N-dealkylation sites (tertiary alicyclic amines) is 1. The van der Waals surface area contributed by atoms with Crippen molar-refractivity contribution in [1.29, 1.82) is 0 Å². The largest absolute Gasteiger partial charge is 0.466 e. The van der Waals surface area contributed by atoms with Gasteiger partial charge >= 0.3 is 5.97 Å². The Hall–Kier alpha value is -1.88. The van der Waals surface area contributed by atoms with Crippen LogP contribution >= 0.6 is 0 Å². The van der Waals surface area contributed by atoms with E-state index in [2.05, 4.69) is 12.2 Å². The number of piperidine rings is 1. The van der Waals surface area contributed by atoms with Crippen molar-refractivity contribution in [3.8, 4) is 0 Å². The second-order valence-corrected chi connectivity index (χ2v) is 5.89. The van der Waals surface area contributed by atoms with Gasteiger partial charge in [0.1, 0.15) is 0 Å². The maximum atomic E-state index is 12.3. The summed E-state index contributed by atoms with van der Waals surface area (Å²) in [4.78, 5) is 26.2. The van der Waals surface area contributed by atoms with Gasteiger partial charge in [0.15, 0.2) is 0 Å². The first kappa shape index (κ1) is 17.5. The highest BCUT2D eigenvalue weighted by Crippen LogP contribution is 2.19. The van der Waals surface area contributed by atoms with Crippen LogP contribution in [0.25, 0.3) is 0 Å². The van der Waals surface area contributed by atoms with Gasteiger partial charge in [0.05, 0.1) is 19.1 Å². The molecule has 23 heavy (non-hydrogen) atoms. The molecule has 126 valence electrons. The van der Waals surface area contributed by atoms with Crippen molar-refractivity contribution in [2.45, 2.75) is 33.1 Å². The number of aryl methyl sites for hydroxylation is 1. The van der Waals surface area contributed by atoms with E-state index in [4.69, 9.17) is 4.74 Å². The molecule has 0 saturated carbocycles. The molecule has 1 unspecified atom stereocenters. The molecular formula is C18H26N2O3. The third-order valence-electron chi connectivity index (χ3n) is 4.17. The van der Waals surface area contributed by atoms with Gasteiger partial charge in [-0.15, -0.1) is 0 Å². The van der Waals surface area contributed by atoms with E-state index in [1.165, 1.54) is 0 Å². The molecule has 1 aliphatic rings. The number of nitrogens with zero attached hydrogens (tertiary/aromatic N) is 1. The van der Waals surface area contributed by atoms with Crippen LogP contribution in [0, 0.1) is 5.92 Å². The fourth-order valence-corrected chi connectivity index (χ4v) is 3.00. The van der Waals surface area contributed by atoms with Gasteiger partial charge in [0, 0.05) is 12.2 Å². The Morgan fingerprint density at radius 1 is 1.30 bits per heavy atom. The molecule has 1 aromatic rings. The lowest BCUT2D eigenvalue weighted by molar-refractivity contribution is -0.150. The number of hydrogen-bond donors (Lipinski definition) is 1. The highest BCUT2D eigenvalue weighted by molar-refractivity contribution is 5.93. The molecule has 2 rings (SSSR count). The van der Waals surface area contributed by atoms with Crippen molar-refractivity contribution < 1.29 is 14.3 Å². The smallest absolute Gasteiger partial charge is 0.310 e. The van der Waals surface area contributed by atoms with Gasteiger partial charge in [0.2, 0.25) is 5.91 Å². The average Bonchev–Trinajstić information content (AvgIpc) is 2.55. The van der Waals surface area contributed by atoms with Crippen LogP contribution in [0.5, 0.6) is 0 Å². The summed E-state index contributed by atoms with van der Waals surface area (Å²) in [5.74, 6) is -0.288. The van der Waals surface area contributed by atoms with Crippen LogP contribution in [0.1, 0.15) is 32.3 Å². The van der Waals surface area contributed by atoms with E-state index in [0.29, 0.717) is 19.7 Å². The lowest BCUT2D eigenvalue weighted by atomic mass is 9.98. The van der Waals surface area contributed by atoms with E-state index in [1.807, 2.05) is 36.1 Å². The van der Waals surface area contributed by atoms with E-state index < -0.39 is 0 Å². The number of rotatable bonds is 6. The minimum atomic E-state index is -0.145. The van der Waals surface area contributed by atoms with Crippen LogP contribution in [0.15, 0.2) is 24.3 Å². The number of benzene rings is 1. The summed E-state index contributed by atoms with van der Waals surface area (Å²) in [7, 11) is 0. The van der Waals surface area contributed by atoms with Crippen LogP contribution in [-0.2, 0) is 20.7 Å². The summed E-state index contributed by atoms with van der Waals surface area (Å²) in [5, 5.41) is 2.98. The van der Waals surface area contributed by atoms with Crippen molar-refractivity contribution in [2.24, 2.45) is 5.92 Å². The zero-order chi connectivity index (χ0) is 16.7. The Bertz CT molecular complexity index is 545. The first-order valence-electron chi connectivity index (χ1n) is 8.40. The van der Waals surface area contributed by atoms with E-state index in [0.717, 1.165) is 37.1 Å². The van der Waals surface area contributed by atoms with Gasteiger partial charge in [-0.25, -0.2) is 0 Å². The maximum Gasteiger partial charge on any atom is 0.310 e. The van der Waals surface area contributed by atoms with Crippen LogP contribution < -0.4 is 5.32 Å². The highest BCUT2D eigenvalue weighted by Gasteiger charge is 2.27. The van der Waals surface area contributed by atoms with Crippen molar-refractivity contribution in [3.05, 3.63) is 29.8 Å². The number of amides is 1. The lowest BCUT2D eigenvalue weighted by Crippen LogP contribution is -2.43. The summed E-state index contributed by atoms with van der Waals surface area (Å²) in [5.41, 5.74) is 2.00. The van der Waals surface area contributed by atoms with Crippen molar-refractivity contribution in [1.82, 2.24) is 4.90 Å². The minimum Gasteiger partial charge on any atom is -0.466 e. The van der Waals surface area contributed by atoms with Crippen molar-refractivity contribution in [3.63, 3.8) is 0 Å². The third kappa shape index (κ3) is 5.06. The van der Waals surface area contributed by atoms with Gasteiger partial charge in [-0.3, -0.25) is 14.5 Å². The first-order valence-corrected chi connectivity index (χ1v) is 8.40. The maximum absolute atomic E-state index is 12.3. The summed E-state index contributed by atoms with van der Waals surface area (Å²) in [6.45, 7) is 6.05. The molecule has 1 heterocycles. The molecule has 1 atom stereocenters. The Kier molecular flexibility index (Phi) is 6.59. The molecule has 5 nitrogen and oxygen atoms in total. The topological polar surface area (TPSA) is 58.6 Å². The zero-order valence-electron chi connectivity index (χ0n) is 14.0. The van der Waals surface area contributed by atoms with Crippen LogP contribution in [0.3, 0.4) is 0 Å². The second kappa shape index (κ2) is 8.67. The normalized spacial score (nSPS) is 18.4. The molecule has 5 heteroatoms. The Labute approximate surface area is 138 Å². The van der Waals surface area contributed by atoms with Gasteiger partial charge in [-0.05, 0) is 44.4 Å². The van der Waals surface area contributed by atoms with Crippen LogP contribution in [0.2, 0.25) is 0 Å². The molecule has 0 spiro atoms. The lowest BCUT2D eigenvalue weighted by Gasteiger charge is -2.30. The molecule has 1 amide bonds. The number of ether oxygens (including phenoxy) is 1. The minimum absolute atomic E-state index is 0.0320. The van der Waals surface area contributed by atoms with E-state index in [1.54, 1.807) is 0 Å². The van der Waals surface area contributed by atoms with Crippen molar-refractivity contribution in [2.75, 3.05) is 31.6 Å². The molecule has 1 aliphatic heterocycles. The number of esters is 1. The van der Waals surface area contributed by atoms with Gasteiger partial charge in [-0.1, -0.05) is 25.1 Å². The van der Waals surface area contributed by atoms with E-state index >= 15 is 0 Å². The molecule has 0 radical (unpaired) electrons. The first-order chi connectivity index (χ1) is 11.1. The molecular weight excluding hydrogens is 292 g/mol. The summed E-state index contributed by atoms with van der Waals surface area (Å²) < 4.78 is 5.09. The average molecular weight is 318 g/mol. The fourth-order valence-electron chi connectivity index (χ4n) is 3.00. The Morgan fingerprint density at radius 3 is 2.83 bits per heavy atom. The second-order valence-electron chi connectivity index (χ2n) is 5.89. The monoisotopic (exact) mass is 318 g/mol. The molecule has 0 bridgehead atoms. The molecule has 1 N–H and O–H groups in total. The Morgan fingerprint density at radius 2 is 2.09 bits per heavy atom.